The van der Waals surface area contributed by atoms with Crippen LogP contribution in [-0.4, -0.2) is 221 Å². The Labute approximate surface area is 272 Å². The van der Waals surface area contributed by atoms with E-state index in [1.165, 1.54) is 0 Å². The summed E-state index contributed by atoms with van der Waals surface area (Å²) in [5.74, 6) is -0.717. The first-order valence-corrected chi connectivity index (χ1v) is 15.1. The minimum absolute atomic E-state index is 0.717. The van der Waals surface area contributed by atoms with Crippen molar-refractivity contribution in [1.82, 2.24) is 5.32 Å². The zero-order valence-electron chi connectivity index (χ0n) is 25.5. The molecule has 48 heavy (non-hydrogen) atoms. The molecule has 22 nitrogen and oxygen atoms in total. The van der Waals surface area contributed by atoms with Gasteiger partial charge in [0, 0.05) is 6.92 Å². The van der Waals surface area contributed by atoms with E-state index in [4.69, 9.17) is 33.2 Å². The third kappa shape index (κ3) is 8.08. The predicted octanol–water partition coefficient (Wildman–Crippen LogP) is -9.61. The number of hydrogen-bond acceptors (Lipinski definition) is 21. The molecule has 4 fully saturated rings. The highest BCUT2D eigenvalue weighted by atomic mass is 16.8. The van der Waals surface area contributed by atoms with Crippen LogP contribution in [0.2, 0.25) is 0 Å². The maximum absolute atomic E-state index is 12.0. The van der Waals surface area contributed by atoms with Crippen LogP contribution in [0, 0.1) is 0 Å². The van der Waals surface area contributed by atoms with Gasteiger partial charge in [0.2, 0.25) is 5.91 Å². The SMILES string of the molecule is CC(=O)N[C@H]1[C@H](O[C@@H]2[C@H](O[C@H]3O[C@H](CO)[C@H](O)[C@H](O)[C@H]3O)[C@@H](O)[C@H](O[C@H]3[C@H](O)[C@@H](O)[C@H](O)O[C@@H]3CO)O[C@@H]2CO)O[C@H](CO)[C@H](O)[C@@H]1O. The number of carbonyl (C=O) groups excluding carboxylic acids is 1. The van der Waals surface area contributed by atoms with Gasteiger partial charge in [-0.25, -0.2) is 0 Å². The Hall–Kier alpha value is -1.33. The number of nitrogens with one attached hydrogen (secondary N) is 1. The van der Waals surface area contributed by atoms with Crippen molar-refractivity contribution in [2.45, 2.75) is 130 Å². The van der Waals surface area contributed by atoms with Gasteiger partial charge >= 0.3 is 0 Å². The monoisotopic (exact) mass is 707 g/mol. The van der Waals surface area contributed by atoms with Gasteiger partial charge in [0.25, 0.3) is 0 Å². The lowest BCUT2D eigenvalue weighted by Gasteiger charge is -2.50. The number of ether oxygens (including phenoxy) is 7. The van der Waals surface area contributed by atoms with E-state index >= 15 is 0 Å². The van der Waals surface area contributed by atoms with Gasteiger partial charge in [0.1, 0.15) is 97.6 Å². The quantitative estimate of drug-likeness (QED) is 0.0947. The second kappa shape index (κ2) is 16.8. The number of carbonyl (C=O) groups is 1. The minimum Gasteiger partial charge on any atom is -0.394 e. The zero-order valence-corrected chi connectivity index (χ0v) is 25.5. The Morgan fingerprint density at radius 2 is 0.958 bits per heavy atom. The standard InChI is InChI=1S/C26H45NO21/c1-6(32)27-11-14(35)12(33)7(2-28)43-24(11)47-21-10(5-31)45-26(46-20-9(4-30)42-23(41)17(38)16(20)37)19(40)22(21)48-25-18(39)15(36)13(34)8(3-29)44-25/h7-26,28-31,33-41H,2-5H2,1H3,(H,27,32)/t7-,8-,9-,10-,11-,12+,13+,14-,15+,16-,17-,18-,19-,20-,21+,22-,23-,24+,25-,26+/m1/s1. The number of rotatable bonds is 11. The van der Waals surface area contributed by atoms with E-state index in [0.29, 0.717) is 0 Å². The third-order valence-electron chi connectivity index (χ3n) is 8.61. The topological polar surface area (TPSA) is 357 Å². The molecule has 4 rings (SSSR count). The fourth-order valence-corrected chi connectivity index (χ4v) is 5.94. The average Bonchev–Trinajstić information content (AvgIpc) is 3.06. The molecule has 1 amide bonds. The fourth-order valence-electron chi connectivity index (χ4n) is 5.94. The summed E-state index contributed by atoms with van der Waals surface area (Å²) < 4.78 is 39.2. The molecule has 0 aliphatic carbocycles. The highest BCUT2D eigenvalue weighted by Crippen LogP contribution is 2.35. The van der Waals surface area contributed by atoms with E-state index in [-0.39, 0.29) is 0 Å². The normalized spacial score (nSPS) is 50.2. The number of amides is 1. The van der Waals surface area contributed by atoms with Crippen molar-refractivity contribution >= 4 is 5.91 Å². The van der Waals surface area contributed by atoms with Crippen LogP contribution in [-0.2, 0) is 38.0 Å². The summed E-state index contributed by atoms with van der Waals surface area (Å²) in [4.78, 5) is 12.0. The van der Waals surface area contributed by atoms with Gasteiger partial charge in [0.15, 0.2) is 25.2 Å². The smallest absolute Gasteiger partial charge is 0.217 e. The van der Waals surface area contributed by atoms with Gasteiger partial charge < -0.3 is 105 Å². The van der Waals surface area contributed by atoms with E-state index in [1.54, 1.807) is 0 Å². The highest BCUT2D eigenvalue weighted by molar-refractivity contribution is 5.73. The largest absolute Gasteiger partial charge is 0.394 e. The summed E-state index contributed by atoms with van der Waals surface area (Å²) in [5, 5.41) is 136. The molecule has 0 radical (unpaired) electrons. The van der Waals surface area contributed by atoms with Gasteiger partial charge in [-0.05, 0) is 0 Å². The van der Waals surface area contributed by atoms with Gasteiger partial charge in [-0.15, -0.1) is 0 Å². The number of aliphatic hydroxyl groups excluding tert-OH is 13. The summed E-state index contributed by atoms with van der Waals surface area (Å²) in [6, 6.07) is -1.54. The van der Waals surface area contributed by atoms with Crippen molar-refractivity contribution in [3.8, 4) is 0 Å². The van der Waals surface area contributed by atoms with Crippen molar-refractivity contribution in [3.63, 3.8) is 0 Å². The van der Waals surface area contributed by atoms with Crippen molar-refractivity contribution in [1.29, 1.82) is 0 Å². The maximum Gasteiger partial charge on any atom is 0.217 e. The molecule has 0 saturated carbocycles. The van der Waals surface area contributed by atoms with Gasteiger partial charge in [-0.1, -0.05) is 0 Å². The zero-order chi connectivity index (χ0) is 35.6. The molecule has 4 saturated heterocycles. The summed E-state index contributed by atoms with van der Waals surface area (Å²) in [6.07, 6.45) is -34.3. The molecule has 0 spiro atoms. The summed E-state index contributed by atoms with van der Waals surface area (Å²) in [6.45, 7) is -2.45. The van der Waals surface area contributed by atoms with Gasteiger partial charge in [-0.3, -0.25) is 4.79 Å². The van der Waals surface area contributed by atoms with Crippen molar-refractivity contribution in [3.05, 3.63) is 0 Å². The van der Waals surface area contributed by atoms with E-state index in [0.717, 1.165) is 6.92 Å². The minimum atomic E-state index is -2.10. The third-order valence-corrected chi connectivity index (χ3v) is 8.61. The molecule has 20 atom stereocenters. The van der Waals surface area contributed by atoms with Crippen LogP contribution >= 0.6 is 0 Å². The second-order valence-corrected chi connectivity index (χ2v) is 11.9. The molecule has 0 aromatic carbocycles. The second-order valence-electron chi connectivity index (χ2n) is 11.9. The first-order chi connectivity index (χ1) is 22.7. The molecule has 4 aliphatic heterocycles. The predicted molar refractivity (Wildman–Crippen MR) is 145 cm³/mol. The molecular weight excluding hydrogens is 662 g/mol. The molecule has 280 valence electrons. The summed E-state index contributed by atoms with van der Waals surface area (Å²) >= 11 is 0. The molecule has 0 bridgehead atoms. The lowest BCUT2D eigenvalue weighted by Crippen LogP contribution is -2.69. The Morgan fingerprint density at radius 3 is 1.52 bits per heavy atom. The Kier molecular flexibility index (Phi) is 13.8. The maximum atomic E-state index is 12.0. The van der Waals surface area contributed by atoms with Crippen LogP contribution in [0.5, 0.6) is 0 Å². The Bertz CT molecular complexity index is 1030. The van der Waals surface area contributed by atoms with Crippen LogP contribution in [0.1, 0.15) is 6.92 Å². The highest BCUT2D eigenvalue weighted by Gasteiger charge is 2.56. The van der Waals surface area contributed by atoms with E-state index in [1.807, 2.05) is 0 Å². The number of hydrogen-bond donors (Lipinski definition) is 14. The molecule has 0 aromatic heterocycles. The number of aliphatic hydroxyl groups is 13. The van der Waals surface area contributed by atoms with Gasteiger partial charge in [-0.2, -0.15) is 0 Å². The lowest BCUT2D eigenvalue weighted by atomic mass is 9.94. The van der Waals surface area contributed by atoms with E-state index in [9.17, 15) is 71.2 Å². The molecular formula is C26H45NO21. The van der Waals surface area contributed by atoms with Crippen molar-refractivity contribution in [2.24, 2.45) is 0 Å². The Balaban J connectivity index is 1.69. The summed E-state index contributed by atoms with van der Waals surface area (Å²) in [7, 11) is 0. The first kappa shape index (κ1) is 39.5. The van der Waals surface area contributed by atoms with Gasteiger partial charge in [0.05, 0.1) is 26.4 Å². The van der Waals surface area contributed by atoms with Crippen LogP contribution in [0.25, 0.3) is 0 Å². The molecule has 22 heteroatoms. The molecule has 0 aromatic rings. The van der Waals surface area contributed by atoms with E-state index in [2.05, 4.69) is 5.32 Å². The lowest BCUT2D eigenvalue weighted by molar-refractivity contribution is -0.394. The van der Waals surface area contributed by atoms with Crippen LogP contribution in [0.15, 0.2) is 0 Å². The van der Waals surface area contributed by atoms with Crippen LogP contribution in [0.3, 0.4) is 0 Å². The average molecular weight is 708 g/mol. The molecule has 14 N–H and O–H groups in total. The molecule has 4 heterocycles. The van der Waals surface area contributed by atoms with Crippen molar-refractivity contribution in [2.75, 3.05) is 26.4 Å². The van der Waals surface area contributed by atoms with E-state index < -0.39 is 155 Å². The summed E-state index contributed by atoms with van der Waals surface area (Å²) in [5.41, 5.74) is 0. The Morgan fingerprint density at radius 1 is 0.500 bits per heavy atom. The first-order valence-electron chi connectivity index (χ1n) is 15.1. The molecule has 4 aliphatic rings. The van der Waals surface area contributed by atoms with Crippen LogP contribution < -0.4 is 5.32 Å². The van der Waals surface area contributed by atoms with Crippen molar-refractivity contribution < 1.29 is 104 Å². The molecule has 0 unspecified atom stereocenters. The van der Waals surface area contributed by atoms with Crippen LogP contribution in [0.4, 0.5) is 0 Å². The fraction of sp³-hybridized carbons (Fsp3) is 0.962.